The van der Waals surface area contributed by atoms with E-state index < -0.39 is 0 Å². The fourth-order valence-corrected chi connectivity index (χ4v) is 4.08. The first-order valence-corrected chi connectivity index (χ1v) is 9.88. The highest BCUT2D eigenvalue weighted by atomic mass is 79.9. The number of rotatable bonds is 10. The third kappa shape index (κ3) is 7.30. The second-order valence-corrected chi connectivity index (χ2v) is 7.69. The molecular formula is C18H29Br2N. The Morgan fingerprint density at radius 1 is 1.00 bits per heavy atom. The summed E-state index contributed by atoms with van der Waals surface area (Å²) < 4.78 is 2.30. The molecule has 0 amide bonds. The Labute approximate surface area is 147 Å². The van der Waals surface area contributed by atoms with Gasteiger partial charge in [-0.15, -0.1) is 0 Å². The van der Waals surface area contributed by atoms with Crippen LogP contribution in [0.2, 0.25) is 0 Å². The molecule has 0 bridgehead atoms. The molecule has 0 aromatic heterocycles. The minimum Gasteiger partial charge on any atom is -0.310 e. The van der Waals surface area contributed by atoms with Crippen LogP contribution < -0.4 is 5.32 Å². The molecule has 2 atom stereocenters. The van der Waals surface area contributed by atoms with E-state index in [2.05, 4.69) is 76.1 Å². The molecule has 0 aliphatic rings. The van der Waals surface area contributed by atoms with Crippen LogP contribution in [-0.4, -0.2) is 6.54 Å². The van der Waals surface area contributed by atoms with Gasteiger partial charge in [0.15, 0.2) is 0 Å². The Morgan fingerprint density at radius 2 is 1.67 bits per heavy atom. The second-order valence-electron chi connectivity index (χ2n) is 5.86. The standard InChI is InChI=1S/C18H29Br2N/c1-4-7-8-14(6-3)10-18(21-9-5-2)15-11-16(19)13-17(20)12-15/h11-14,18,21H,4-10H2,1-3H3. The second kappa shape index (κ2) is 10.8. The van der Waals surface area contributed by atoms with Crippen LogP contribution in [0.3, 0.4) is 0 Å². The molecule has 0 saturated heterocycles. The molecule has 0 spiro atoms. The Bertz CT molecular complexity index is 386. The van der Waals surface area contributed by atoms with E-state index in [0.29, 0.717) is 6.04 Å². The zero-order chi connectivity index (χ0) is 15.7. The molecule has 1 N–H and O–H groups in total. The SMILES string of the molecule is CCCCC(CC)CC(NCCC)c1cc(Br)cc(Br)c1. The van der Waals surface area contributed by atoms with Crippen molar-refractivity contribution in [1.82, 2.24) is 5.32 Å². The van der Waals surface area contributed by atoms with Crippen LogP contribution in [0.4, 0.5) is 0 Å². The van der Waals surface area contributed by atoms with Crippen LogP contribution in [0.25, 0.3) is 0 Å². The van der Waals surface area contributed by atoms with Gasteiger partial charge in [-0.05, 0) is 49.1 Å². The van der Waals surface area contributed by atoms with Crippen LogP contribution in [-0.2, 0) is 0 Å². The van der Waals surface area contributed by atoms with E-state index in [1.807, 2.05) is 0 Å². The summed E-state index contributed by atoms with van der Waals surface area (Å²) in [4.78, 5) is 0. The predicted octanol–water partition coefficient (Wildman–Crippen LogP) is 6.86. The van der Waals surface area contributed by atoms with Gasteiger partial charge in [-0.25, -0.2) is 0 Å². The maximum Gasteiger partial charge on any atom is 0.0323 e. The first-order valence-electron chi connectivity index (χ1n) is 8.30. The summed E-state index contributed by atoms with van der Waals surface area (Å²) in [6.45, 7) is 7.92. The van der Waals surface area contributed by atoms with Gasteiger partial charge in [-0.1, -0.05) is 78.3 Å². The van der Waals surface area contributed by atoms with Crippen molar-refractivity contribution in [3.63, 3.8) is 0 Å². The maximum atomic E-state index is 3.74. The van der Waals surface area contributed by atoms with Gasteiger partial charge in [0, 0.05) is 15.0 Å². The van der Waals surface area contributed by atoms with Crippen LogP contribution in [0.5, 0.6) is 0 Å². The minimum absolute atomic E-state index is 0.459. The zero-order valence-corrected chi connectivity index (χ0v) is 16.8. The van der Waals surface area contributed by atoms with Crippen LogP contribution in [0.1, 0.15) is 70.9 Å². The fourth-order valence-electron chi connectivity index (χ4n) is 2.75. The monoisotopic (exact) mass is 417 g/mol. The lowest BCUT2D eigenvalue weighted by atomic mass is 9.89. The first kappa shape index (κ1) is 19.2. The van der Waals surface area contributed by atoms with Crippen molar-refractivity contribution in [3.05, 3.63) is 32.7 Å². The van der Waals surface area contributed by atoms with Crippen LogP contribution in [0, 0.1) is 5.92 Å². The molecule has 1 nitrogen and oxygen atoms in total. The Morgan fingerprint density at radius 3 is 2.19 bits per heavy atom. The summed E-state index contributed by atoms with van der Waals surface area (Å²) in [7, 11) is 0. The molecule has 0 heterocycles. The predicted molar refractivity (Wildman–Crippen MR) is 101 cm³/mol. The van der Waals surface area contributed by atoms with Crippen molar-refractivity contribution < 1.29 is 0 Å². The van der Waals surface area contributed by atoms with E-state index in [0.717, 1.165) is 21.4 Å². The molecule has 0 fully saturated rings. The third-order valence-electron chi connectivity index (χ3n) is 4.04. The molecule has 0 aliphatic carbocycles. The minimum atomic E-state index is 0.459. The highest BCUT2D eigenvalue weighted by molar-refractivity contribution is 9.11. The van der Waals surface area contributed by atoms with Crippen molar-refractivity contribution in [2.24, 2.45) is 5.92 Å². The molecule has 3 heteroatoms. The van der Waals surface area contributed by atoms with Gasteiger partial charge in [-0.3, -0.25) is 0 Å². The first-order chi connectivity index (χ1) is 10.1. The number of hydrogen-bond donors (Lipinski definition) is 1. The Kier molecular flexibility index (Phi) is 9.87. The average molecular weight is 419 g/mol. The lowest BCUT2D eigenvalue weighted by Crippen LogP contribution is -2.24. The summed E-state index contributed by atoms with van der Waals surface area (Å²) in [6, 6.07) is 7.07. The van der Waals surface area contributed by atoms with Crippen LogP contribution >= 0.6 is 31.9 Å². The number of halogens is 2. The molecule has 0 radical (unpaired) electrons. The topological polar surface area (TPSA) is 12.0 Å². The zero-order valence-electron chi connectivity index (χ0n) is 13.6. The molecule has 120 valence electrons. The van der Waals surface area contributed by atoms with Gasteiger partial charge in [0.25, 0.3) is 0 Å². The number of nitrogens with one attached hydrogen (secondary N) is 1. The van der Waals surface area contributed by atoms with Gasteiger partial charge >= 0.3 is 0 Å². The Balaban J connectivity index is 2.82. The summed E-state index contributed by atoms with van der Waals surface area (Å²) in [6.07, 6.45) is 7.69. The van der Waals surface area contributed by atoms with E-state index in [1.165, 1.54) is 44.1 Å². The lowest BCUT2D eigenvalue weighted by molar-refractivity contribution is 0.353. The quantitative estimate of drug-likeness (QED) is 0.437. The highest BCUT2D eigenvalue weighted by Crippen LogP contribution is 2.30. The Hall–Kier alpha value is 0.140. The van der Waals surface area contributed by atoms with Crippen molar-refractivity contribution in [3.8, 4) is 0 Å². The average Bonchev–Trinajstić information content (AvgIpc) is 2.45. The molecule has 1 aromatic rings. The van der Waals surface area contributed by atoms with Gasteiger partial charge in [-0.2, -0.15) is 0 Å². The molecular weight excluding hydrogens is 390 g/mol. The smallest absolute Gasteiger partial charge is 0.0323 e. The van der Waals surface area contributed by atoms with Crippen molar-refractivity contribution in [2.75, 3.05) is 6.54 Å². The molecule has 0 saturated carbocycles. The highest BCUT2D eigenvalue weighted by Gasteiger charge is 2.17. The van der Waals surface area contributed by atoms with Gasteiger partial charge in [0.05, 0.1) is 0 Å². The van der Waals surface area contributed by atoms with Crippen molar-refractivity contribution in [1.29, 1.82) is 0 Å². The molecule has 0 aliphatic heterocycles. The summed E-state index contributed by atoms with van der Waals surface area (Å²) in [5.74, 6) is 0.817. The molecule has 1 rings (SSSR count). The maximum absolute atomic E-state index is 3.74. The largest absolute Gasteiger partial charge is 0.310 e. The third-order valence-corrected chi connectivity index (χ3v) is 4.96. The van der Waals surface area contributed by atoms with Crippen molar-refractivity contribution >= 4 is 31.9 Å². The van der Waals surface area contributed by atoms with Gasteiger partial charge < -0.3 is 5.32 Å². The van der Waals surface area contributed by atoms with Crippen LogP contribution in [0.15, 0.2) is 27.1 Å². The normalized spacial score (nSPS) is 14.1. The van der Waals surface area contributed by atoms with Crippen molar-refractivity contribution in [2.45, 2.75) is 65.3 Å². The van der Waals surface area contributed by atoms with E-state index in [1.54, 1.807) is 0 Å². The number of benzene rings is 1. The van der Waals surface area contributed by atoms with E-state index in [4.69, 9.17) is 0 Å². The van der Waals surface area contributed by atoms with E-state index in [9.17, 15) is 0 Å². The number of hydrogen-bond acceptors (Lipinski definition) is 1. The summed E-state index contributed by atoms with van der Waals surface area (Å²) in [5, 5.41) is 3.74. The lowest BCUT2D eigenvalue weighted by Gasteiger charge is -2.25. The van der Waals surface area contributed by atoms with E-state index in [-0.39, 0.29) is 0 Å². The molecule has 1 aromatic carbocycles. The van der Waals surface area contributed by atoms with Gasteiger partial charge in [0.1, 0.15) is 0 Å². The summed E-state index contributed by atoms with van der Waals surface area (Å²) in [5.41, 5.74) is 1.39. The number of unbranched alkanes of at least 4 members (excludes halogenated alkanes) is 1. The molecule has 21 heavy (non-hydrogen) atoms. The fraction of sp³-hybridized carbons (Fsp3) is 0.667. The van der Waals surface area contributed by atoms with Gasteiger partial charge in [0.2, 0.25) is 0 Å². The van der Waals surface area contributed by atoms with E-state index >= 15 is 0 Å². The molecule has 2 unspecified atom stereocenters. The summed E-state index contributed by atoms with van der Waals surface area (Å²) >= 11 is 7.23.